The van der Waals surface area contributed by atoms with Gasteiger partial charge in [0, 0.05) is 10.0 Å². The average molecular weight is 337 g/mol. The Morgan fingerprint density at radius 3 is 2.50 bits per heavy atom. The Labute approximate surface area is 128 Å². The number of hydrogen-bond donors (Lipinski definition) is 2. The third-order valence-electron chi connectivity index (χ3n) is 3.05. The Balaban J connectivity index is 1.79. The largest absolute Gasteiger partial charge is 0.460 e. The number of hydrogen-bond acceptors (Lipinski definition) is 3. The van der Waals surface area contributed by atoms with Crippen molar-refractivity contribution in [3.05, 3.63) is 46.6 Å². The summed E-state index contributed by atoms with van der Waals surface area (Å²) in [5, 5.41) is 6.70. The van der Waals surface area contributed by atoms with Gasteiger partial charge in [0.1, 0.15) is 11.5 Å². The van der Waals surface area contributed by atoms with Crippen molar-refractivity contribution in [1.82, 2.24) is 10.6 Å². The first-order valence-corrected chi connectivity index (χ1v) is 7.85. The summed E-state index contributed by atoms with van der Waals surface area (Å²) in [4.78, 5) is 0. The Morgan fingerprint density at radius 1 is 1.00 bits per heavy atom. The third-order valence-corrected chi connectivity index (χ3v) is 3.58. The summed E-state index contributed by atoms with van der Waals surface area (Å²) in [5.41, 5.74) is 1.10. The molecule has 0 aliphatic carbocycles. The van der Waals surface area contributed by atoms with Crippen LogP contribution in [0.1, 0.15) is 19.1 Å². The Kier molecular flexibility index (Phi) is 6.30. The van der Waals surface area contributed by atoms with E-state index < -0.39 is 0 Å². The molecule has 0 fully saturated rings. The molecule has 0 aliphatic rings. The fraction of sp³-hybridized carbons (Fsp3) is 0.375. The lowest BCUT2D eigenvalue weighted by molar-refractivity contribution is 0.488. The molecule has 1 aromatic heterocycles. The normalized spacial score (nSPS) is 10.9. The van der Waals surface area contributed by atoms with Crippen LogP contribution in [0.5, 0.6) is 0 Å². The molecular weight excluding hydrogens is 316 g/mol. The zero-order chi connectivity index (χ0) is 14.2. The van der Waals surface area contributed by atoms with Crippen LogP contribution in [0, 0.1) is 0 Å². The van der Waals surface area contributed by atoms with Crippen molar-refractivity contribution >= 4 is 15.9 Å². The lowest BCUT2D eigenvalue weighted by Crippen LogP contribution is -2.21. The Hall–Kier alpha value is -1.10. The van der Waals surface area contributed by atoms with Crippen LogP contribution < -0.4 is 10.6 Å². The number of furan rings is 1. The number of halogens is 1. The maximum atomic E-state index is 5.84. The highest BCUT2D eigenvalue weighted by molar-refractivity contribution is 9.10. The van der Waals surface area contributed by atoms with E-state index >= 15 is 0 Å². The molecule has 0 spiro atoms. The number of rotatable bonds is 8. The van der Waals surface area contributed by atoms with Gasteiger partial charge in [-0.05, 0) is 50.3 Å². The van der Waals surface area contributed by atoms with Gasteiger partial charge in [0.25, 0.3) is 0 Å². The minimum Gasteiger partial charge on any atom is -0.460 e. The molecule has 1 heterocycles. The van der Waals surface area contributed by atoms with Crippen molar-refractivity contribution in [2.45, 2.75) is 19.9 Å². The van der Waals surface area contributed by atoms with E-state index in [-0.39, 0.29) is 0 Å². The van der Waals surface area contributed by atoms with Gasteiger partial charge in [-0.2, -0.15) is 0 Å². The quantitative estimate of drug-likeness (QED) is 0.720. The molecule has 0 saturated carbocycles. The molecule has 4 heteroatoms. The first kappa shape index (κ1) is 15.3. The molecule has 3 nitrogen and oxygen atoms in total. The van der Waals surface area contributed by atoms with E-state index in [1.165, 1.54) is 0 Å². The average Bonchev–Trinajstić information content (AvgIpc) is 2.92. The number of benzene rings is 1. The van der Waals surface area contributed by atoms with Gasteiger partial charge in [0.15, 0.2) is 0 Å². The molecule has 2 rings (SSSR count). The van der Waals surface area contributed by atoms with Crippen LogP contribution in [0.3, 0.4) is 0 Å². The first-order chi connectivity index (χ1) is 9.79. The Bertz CT molecular complexity index is 507. The van der Waals surface area contributed by atoms with Gasteiger partial charge in [-0.3, -0.25) is 0 Å². The molecule has 1 aromatic carbocycles. The molecule has 2 aromatic rings. The molecule has 0 unspecified atom stereocenters. The second-order valence-corrected chi connectivity index (χ2v) is 5.57. The molecule has 0 bridgehead atoms. The highest BCUT2D eigenvalue weighted by atomic mass is 79.9. The van der Waals surface area contributed by atoms with E-state index in [0.29, 0.717) is 0 Å². The van der Waals surface area contributed by atoms with Gasteiger partial charge in [-0.25, -0.2) is 0 Å². The molecule has 20 heavy (non-hydrogen) atoms. The predicted octanol–water partition coefficient (Wildman–Crippen LogP) is 3.80. The van der Waals surface area contributed by atoms with Crippen LogP contribution in [0.15, 0.2) is 45.3 Å². The Morgan fingerprint density at radius 2 is 1.75 bits per heavy atom. The minimum absolute atomic E-state index is 0.780. The molecule has 0 aliphatic heterocycles. The zero-order valence-corrected chi connectivity index (χ0v) is 13.4. The topological polar surface area (TPSA) is 37.2 Å². The van der Waals surface area contributed by atoms with E-state index in [1.807, 2.05) is 24.3 Å². The van der Waals surface area contributed by atoms with Gasteiger partial charge in [0.05, 0.1) is 6.54 Å². The minimum atomic E-state index is 0.780. The van der Waals surface area contributed by atoms with Crippen molar-refractivity contribution < 1.29 is 4.42 Å². The van der Waals surface area contributed by atoms with Crippen LogP contribution in [-0.2, 0) is 6.54 Å². The van der Waals surface area contributed by atoms with Crippen molar-refractivity contribution in [1.29, 1.82) is 0 Å². The summed E-state index contributed by atoms with van der Waals surface area (Å²) in [6, 6.07) is 12.2. The molecule has 2 N–H and O–H groups in total. The van der Waals surface area contributed by atoms with Crippen LogP contribution in [0.25, 0.3) is 11.3 Å². The first-order valence-electron chi connectivity index (χ1n) is 7.05. The van der Waals surface area contributed by atoms with Crippen molar-refractivity contribution in [3.8, 4) is 11.3 Å². The predicted molar refractivity (Wildman–Crippen MR) is 86.7 cm³/mol. The molecule has 108 valence electrons. The molecule has 0 radical (unpaired) electrons. The van der Waals surface area contributed by atoms with Gasteiger partial charge in [0.2, 0.25) is 0 Å². The summed E-state index contributed by atoms with van der Waals surface area (Å²) in [6.07, 6.45) is 1.13. The highest BCUT2D eigenvalue weighted by Gasteiger charge is 2.04. The summed E-state index contributed by atoms with van der Waals surface area (Å²) in [5.74, 6) is 1.90. The van der Waals surface area contributed by atoms with E-state index in [0.717, 1.165) is 54.2 Å². The van der Waals surface area contributed by atoms with Crippen molar-refractivity contribution in [2.75, 3.05) is 19.6 Å². The van der Waals surface area contributed by atoms with Crippen molar-refractivity contribution in [3.63, 3.8) is 0 Å². The maximum Gasteiger partial charge on any atom is 0.134 e. The SMILES string of the molecule is CCNCCCNCc1ccc(-c2ccc(Br)cc2)o1. The summed E-state index contributed by atoms with van der Waals surface area (Å²) >= 11 is 3.44. The van der Waals surface area contributed by atoms with Gasteiger partial charge < -0.3 is 15.1 Å². The second kappa shape index (κ2) is 8.25. The maximum absolute atomic E-state index is 5.84. The van der Waals surface area contributed by atoms with E-state index in [1.54, 1.807) is 0 Å². The summed E-state index contributed by atoms with van der Waals surface area (Å²) in [7, 11) is 0. The fourth-order valence-corrected chi connectivity index (χ4v) is 2.23. The van der Waals surface area contributed by atoms with E-state index in [2.05, 4.69) is 45.6 Å². The van der Waals surface area contributed by atoms with Crippen LogP contribution in [-0.4, -0.2) is 19.6 Å². The zero-order valence-electron chi connectivity index (χ0n) is 11.8. The van der Waals surface area contributed by atoms with Gasteiger partial charge in [-0.1, -0.05) is 35.0 Å². The number of nitrogens with one attached hydrogen (secondary N) is 2. The smallest absolute Gasteiger partial charge is 0.134 e. The lowest BCUT2D eigenvalue weighted by Gasteiger charge is -2.03. The van der Waals surface area contributed by atoms with E-state index in [4.69, 9.17) is 4.42 Å². The summed E-state index contributed by atoms with van der Waals surface area (Å²) < 4.78 is 6.92. The van der Waals surface area contributed by atoms with Crippen LogP contribution >= 0.6 is 15.9 Å². The fourth-order valence-electron chi connectivity index (χ4n) is 1.97. The van der Waals surface area contributed by atoms with Crippen LogP contribution in [0.2, 0.25) is 0 Å². The van der Waals surface area contributed by atoms with Gasteiger partial charge in [-0.15, -0.1) is 0 Å². The van der Waals surface area contributed by atoms with Crippen LogP contribution in [0.4, 0.5) is 0 Å². The summed E-state index contributed by atoms with van der Waals surface area (Å²) in [6.45, 7) is 6.00. The second-order valence-electron chi connectivity index (χ2n) is 4.66. The third kappa shape index (κ3) is 4.78. The van der Waals surface area contributed by atoms with E-state index in [9.17, 15) is 0 Å². The highest BCUT2D eigenvalue weighted by Crippen LogP contribution is 2.23. The molecular formula is C16H21BrN2O. The van der Waals surface area contributed by atoms with Gasteiger partial charge >= 0.3 is 0 Å². The lowest BCUT2D eigenvalue weighted by atomic mass is 10.2. The molecule has 0 atom stereocenters. The molecule has 0 amide bonds. The standard InChI is InChI=1S/C16H21BrN2O/c1-2-18-10-3-11-19-12-15-8-9-16(20-15)13-4-6-14(17)7-5-13/h4-9,18-19H,2-3,10-12H2,1H3. The molecule has 0 saturated heterocycles. The van der Waals surface area contributed by atoms with Crippen molar-refractivity contribution in [2.24, 2.45) is 0 Å². The monoisotopic (exact) mass is 336 g/mol.